The van der Waals surface area contributed by atoms with E-state index in [0.717, 1.165) is 48.6 Å². The molecule has 1 aliphatic heterocycles. The van der Waals surface area contributed by atoms with Gasteiger partial charge in [0.2, 0.25) is 11.0 Å². The number of carbonyl (C=O) groups is 1. The topological polar surface area (TPSA) is 67.4 Å². The molecule has 6 nitrogen and oxygen atoms in total. The number of carbonyl (C=O) groups excluding carboxylic acids is 1. The maximum atomic E-state index is 12.5. The molecule has 0 aromatic carbocycles. The molecule has 25 heavy (non-hydrogen) atoms. The van der Waals surface area contributed by atoms with Crippen LogP contribution in [0.5, 0.6) is 0 Å². The summed E-state index contributed by atoms with van der Waals surface area (Å²) in [5.41, 5.74) is 0. The van der Waals surface area contributed by atoms with E-state index in [4.69, 9.17) is 4.74 Å². The lowest BCUT2D eigenvalue weighted by Crippen LogP contribution is -2.38. The Morgan fingerprint density at radius 1 is 1.32 bits per heavy atom. The number of nitrogens with zero attached hydrogens (tertiary/aromatic N) is 3. The Morgan fingerprint density at radius 2 is 2.04 bits per heavy atom. The van der Waals surface area contributed by atoms with Gasteiger partial charge in [-0.3, -0.25) is 4.79 Å². The van der Waals surface area contributed by atoms with Crippen molar-refractivity contribution in [3.8, 4) is 0 Å². The third kappa shape index (κ3) is 7.50. The fourth-order valence-electron chi connectivity index (χ4n) is 2.72. The highest BCUT2D eigenvalue weighted by Crippen LogP contribution is 2.26. The van der Waals surface area contributed by atoms with Crippen LogP contribution < -0.4 is 5.32 Å². The zero-order valence-electron chi connectivity index (χ0n) is 15.7. The summed E-state index contributed by atoms with van der Waals surface area (Å²) in [6.07, 6.45) is 2.51. The Balaban J connectivity index is 1.77. The summed E-state index contributed by atoms with van der Waals surface area (Å²) in [5, 5.41) is 12.4. The average molecular weight is 387 g/mol. The molecule has 1 aromatic heterocycles. The third-order valence-corrected chi connectivity index (χ3v) is 5.75. The van der Waals surface area contributed by atoms with Gasteiger partial charge in [-0.05, 0) is 24.7 Å². The fraction of sp³-hybridized carbons (Fsp3) is 0.824. The van der Waals surface area contributed by atoms with Gasteiger partial charge >= 0.3 is 0 Å². The van der Waals surface area contributed by atoms with Crippen molar-refractivity contribution in [3.05, 3.63) is 0 Å². The van der Waals surface area contributed by atoms with Crippen LogP contribution in [0.2, 0.25) is 0 Å². The zero-order chi connectivity index (χ0) is 18.2. The zero-order valence-corrected chi connectivity index (χ0v) is 17.3. The Hall–Kier alpha value is -0.860. The maximum absolute atomic E-state index is 12.5. The van der Waals surface area contributed by atoms with Gasteiger partial charge in [-0.2, -0.15) is 0 Å². The van der Waals surface area contributed by atoms with Gasteiger partial charge in [-0.25, -0.2) is 0 Å². The summed E-state index contributed by atoms with van der Waals surface area (Å²) in [6.45, 7) is 11.8. The molecule has 1 unspecified atom stereocenters. The van der Waals surface area contributed by atoms with E-state index in [-0.39, 0.29) is 12.0 Å². The second-order valence-corrected chi connectivity index (χ2v) is 9.46. The van der Waals surface area contributed by atoms with Crippen LogP contribution in [-0.2, 0) is 9.53 Å². The molecule has 1 aromatic rings. The van der Waals surface area contributed by atoms with E-state index >= 15 is 0 Å². The first-order valence-electron chi connectivity index (χ1n) is 9.03. The van der Waals surface area contributed by atoms with Gasteiger partial charge in [0.1, 0.15) is 0 Å². The van der Waals surface area contributed by atoms with Crippen LogP contribution in [0.1, 0.15) is 40.5 Å². The number of hydrogen-bond donors (Lipinski definition) is 1. The number of thioether (sulfide) groups is 1. The quantitative estimate of drug-likeness (QED) is 0.622. The van der Waals surface area contributed by atoms with E-state index in [2.05, 4.69) is 43.2 Å². The smallest absolute Gasteiger partial charge is 0.233 e. The average Bonchev–Trinajstić information content (AvgIpc) is 3.20. The van der Waals surface area contributed by atoms with Gasteiger partial charge in [0.15, 0.2) is 4.34 Å². The lowest BCUT2D eigenvalue weighted by molar-refractivity contribution is -0.129. The molecule has 1 saturated heterocycles. The normalized spacial score (nSPS) is 17.4. The van der Waals surface area contributed by atoms with E-state index < -0.39 is 0 Å². The molecule has 1 fully saturated rings. The van der Waals surface area contributed by atoms with Crippen molar-refractivity contribution in [1.82, 2.24) is 15.1 Å². The predicted octanol–water partition coefficient (Wildman–Crippen LogP) is 3.36. The summed E-state index contributed by atoms with van der Waals surface area (Å²) < 4.78 is 6.42. The van der Waals surface area contributed by atoms with Crippen molar-refractivity contribution < 1.29 is 9.53 Å². The van der Waals surface area contributed by atoms with Crippen molar-refractivity contribution in [2.75, 3.05) is 37.3 Å². The van der Waals surface area contributed by atoms with E-state index in [1.807, 2.05) is 4.90 Å². The maximum Gasteiger partial charge on any atom is 0.233 e. The number of rotatable bonds is 10. The standard InChI is InChI=1S/C17H30N4O2S2/c1-12(2)9-21(10-13(3)4)15(22)11-24-17-20-19-16(25-17)18-8-14-6-5-7-23-14/h12-14H,5-11H2,1-4H3,(H,18,19). The SMILES string of the molecule is CC(C)CN(CC(C)C)C(=O)CSc1nnc(NCC2CCCO2)s1. The largest absolute Gasteiger partial charge is 0.376 e. The second kappa shape index (κ2) is 10.3. The van der Waals surface area contributed by atoms with E-state index in [1.54, 1.807) is 0 Å². The summed E-state index contributed by atoms with van der Waals surface area (Å²) in [4.78, 5) is 14.5. The molecule has 0 aliphatic carbocycles. The Labute approximate surface area is 159 Å². The Kier molecular flexibility index (Phi) is 8.45. The molecule has 8 heteroatoms. The highest BCUT2D eigenvalue weighted by atomic mass is 32.2. The molecule has 1 N–H and O–H groups in total. The van der Waals surface area contributed by atoms with Gasteiger partial charge in [0, 0.05) is 26.2 Å². The first-order chi connectivity index (χ1) is 11.9. The number of hydrogen-bond acceptors (Lipinski definition) is 7. The highest BCUT2D eigenvalue weighted by molar-refractivity contribution is 8.01. The van der Waals surface area contributed by atoms with E-state index in [9.17, 15) is 4.79 Å². The molecule has 2 rings (SSSR count). The Bertz CT molecular complexity index is 520. The van der Waals surface area contributed by atoms with Gasteiger partial charge in [0.25, 0.3) is 0 Å². The third-order valence-electron chi connectivity index (χ3n) is 3.75. The lowest BCUT2D eigenvalue weighted by atomic mass is 10.1. The molecule has 0 spiro atoms. The molecule has 0 saturated carbocycles. The van der Waals surface area contributed by atoms with Crippen LogP contribution in [0.15, 0.2) is 4.34 Å². The minimum atomic E-state index is 0.177. The molecule has 1 aliphatic rings. The molecular weight excluding hydrogens is 356 g/mol. The first kappa shape index (κ1) is 20.5. The van der Waals surface area contributed by atoms with Crippen LogP contribution >= 0.6 is 23.1 Å². The lowest BCUT2D eigenvalue weighted by Gasteiger charge is -2.26. The molecule has 0 radical (unpaired) electrons. The highest BCUT2D eigenvalue weighted by Gasteiger charge is 2.18. The number of aromatic nitrogens is 2. The van der Waals surface area contributed by atoms with E-state index in [1.165, 1.54) is 23.1 Å². The van der Waals surface area contributed by atoms with Crippen LogP contribution in [0.25, 0.3) is 0 Å². The molecule has 142 valence electrons. The monoisotopic (exact) mass is 386 g/mol. The second-order valence-electron chi connectivity index (χ2n) is 7.26. The number of amides is 1. The van der Waals surface area contributed by atoms with Crippen molar-refractivity contribution in [2.45, 2.75) is 51.0 Å². The minimum Gasteiger partial charge on any atom is -0.376 e. The van der Waals surface area contributed by atoms with Crippen molar-refractivity contribution in [3.63, 3.8) is 0 Å². The van der Waals surface area contributed by atoms with Crippen LogP contribution in [0.4, 0.5) is 5.13 Å². The number of ether oxygens (including phenoxy) is 1. The van der Waals surface area contributed by atoms with Crippen LogP contribution in [0, 0.1) is 11.8 Å². The first-order valence-corrected chi connectivity index (χ1v) is 10.8. The number of nitrogens with one attached hydrogen (secondary N) is 1. The molecule has 2 heterocycles. The van der Waals surface area contributed by atoms with Crippen LogP contribution in [-0.4, -0.2) is 59.1 Å². The molecular formula is C17H30N4O2S2. The Morgan fingerprint density at radius 3 is 2.64 bits per heavy atom. The van der Waals surface area contributed by atoms with Crippen molar-refractivity contribution in [2.24, 2.45) is 11.8 Å². The molecule has 1 atom stereocenters. The van der Waals surface area contributed by atoms with Crippen molar-refractivity contribution >= 4 is 34.1 Å². The van der Waals surface area contributed by atoms with Gasteiger partial charge in [0.05, 0.1) is 11.9 Å². The van der Waals surface area contributed by atoms with Crippen molar-refractivity contribution in [1.29, 1.82) is 0 Å². The summed E-state index contributed by atoms with van der Waals surface area (Å²) in [5.74, 6) is 1.54. The predicted molar refractivity (Wildman–Crippen MR) is 104 cm³/mol. The summed E-state index contributed by atoms with van der Waals surface area (Å²) in [6, 6.07) is 0. The summed E-state index contributed by atoms with van der Waals surface area (Å²) in [7, 11) is 0. The number of anilines is 1. The van der Waals surface area contributed by atoms with Gasteiger partial charge < -0.3 is 15.0 Å². The van der Waals surface area contributed by atoms with E-state index in [0.29, 0.717) is 17.6 Å². The van der Waals surface area contributed by atoms with Gasteiger partial charge in [-0.15, -0.1) is 10.2 Å². The molecule has 1 amide bonds. The minimum absolute atomic E-state index is 0.177. The van der Waals surface area contributed by atoms with Gasteiger partial charge in [-0.1, -0.05) is 50.8 Å². The summed E-state index contributed by atoms with van der Waals surface area (Å²) >= 11 is 2.97. The van der Waals surface area contributed by atoms with Crippen LogP contribution in [0.3, 0.4) is 0 Å². The fourth-order valence-corrected chi connectivity index (χ4v) is 4.38. The molecule has 0 bridgehead atoms.